The highest BCUT2D eigenvalue weighted by molar-refractivity contribution is 7.89. The molecular formula is C24H20FN3O6S. The van der Waals surface area contributed by atoms with Crippen molar-refractivity contribution in [3.05, 3.63) is 89.1 Å². The Labute approximate surface area is 200 Å². The quantitative estimate of drug-likeness (QED) is 0.501. The van der Waals surface area contributed by atoms with Crippen molar-refractivity contribution in [2.75, 3.05) is 26.2 Å². The van der Waals surface area contributed by atoms with Crippen LogP contribution in [0.4, 0.5) is 4.39 Å². The van der Waals surface area contributed by atoms with Crippen molar-refractivity contribution in [1.29, 1.82) is 0 Å². The first-order valence-corrected chi connectivity index (χ1v) is 12.3. The normalized spacial score (nSPS) is 16.6. The van der Waals surface area contributed by atoms with Gasteiger partial charge in [-0.15, -0.1) is 0 Å². The molecule has 0 aliphatic carbocycles. The molecule has 0 bridgehead atoms. The molecule has 1 saturated heterocycles. The predicted octanol–water partition coefficient (Wildman–Crippen LogP) is 2.36. The lowest BCUT2D eigenvalue weighted by molar-refractivity contribution is 0.0631. The molecule has 0 saturated carbocycles. The number of benzene rings is 2. The number of rotatable bonds is 5. The summed E-state index contributed by atoms with van der Waals surface area (Å²) in [6.45, 7) is 0.187. The van der Waals surface area contributed by atoms with Crippen molar-refractivity contribution >= 4 is 27.7 Å². The molecule has 0 atom stereocenters. The van der Waals surface area contributed by atoms with Crippen LogP contribution >= 0.6 is 0 Å². The molecule has 35 heavy (non-hydrogen) atoms. The van der Waals surface area contributed by atoms with Crippen LogP contribution in [0.25, 0.3) is 0 Å². The second kappa shape index (κ2) is 8.75. The van der Waals surface area contributed by atoms with E-state index in [1.54, 1.807) is 12.1 Å². The van der Waals surface area contributed by atoms with E-state index in [9.17, 15) is 27.2 Å². The molecule has 1 fully saturated rings. The first-order valence-electron chi connectivity index (χ1n) is 10.8. The van der Waals surface area contributed by atoms with Crippen LogP contribution in [0.15, 0.2) is 70.2 Å². The summed E-state index contributed by atoms with van der Waals surface area (Å²) in [5, 5.41) is 0. The number of amides is 3. The van der Waals surface area contributed by atoms with Crippen LogP contribution in [0.3, 0.4) is 0 Å². The molecule has 9 nitrogen and oxygen atoms in total. The Kier molecular flexibility index (Phi) is 5.73. The molecule has 2 aliphatic rings. The van der Waals surface area contributed by atoms with Gasteiger partial charge >= 0.3 is 0 Å². The van der Waals surface area contributed by atoms with Crippen LogP contribution in [-0.4, -0.2) is 66.4 Å². The van der Waals surface area contributed by atoms with Crippen molar-refractivity contribution < 1.29 is 31.6 Å². The van der Waals surface area contributed by atoms with Gasteiger partial charge in [0.05, 0.1) is 23.9 Å². The number of carbonyl (C=O) groups is 3. The summed E-state index contributed by atoms with van der Waals surface area (Å²) in [4.78, 5) is 40.7. The Morgan fingerprint density at radius 2 is 1.63 bits per heavy atom. The highest BCUT2D eigenvalue weighted by Crippen LogP contribution is 2.27. The summed E-state index contributed by atoms with van der Waals surface area (Å²) in [6, 6.07) is 12.8. The van der Waals surface area contributed by atoms with Crippen LogP contribution in [-0.2, 0) is 16.6 Å². The molecule has 0 spiro atoms. The van der Waals surface area contributed by atoms with Crippen molar-refractivity contribution in [1.82, 2.24) is 14.1 Å². The molecule has 0 radical (unpaired) electrons. The number of sulfonamides is 1. The van der Waals surface area contributed by atoms with Gasteiger partial charge in [0.15, 0.2) is 0 Å². The van der Waals surface area contributed by atoms with Gasteiger partial charge in [0.1, 0.15) is 16.5 Å². The zero-order valence-electron chi connectivity index (χ0n) is 18.4. The predicted molar refractivity (Wildman–Crippen MR) is 120 cm³/mol. The number of hydrogen-bond donors (Lipinski definition) is 0. The van der Waals surface area contributed by atoms with E-state index < -0.39 is 32.6 Å². The summed E-state index contributed by atoms with van der Waals surface area (Å²) < 4.78 is 46.0. The van der Waals surface area contributed by atoms with E-state index in [2.05, 4.69) is 0 Å². The van der Waals surface area contributed by atoms with Gasteiger partial charge in [-0.05, 0) is 42.5 Å². The molecule has 0 unspecified atom stereocenters. The van der Waals surface area contributed by atoms with Gasteiger partial charge in [0.2, 0.25) is 10.0 Å². The minimum atomic E-state index is -4.03. The second-order valence-corrected chi connectivity index (χ2v) is 10.1. The molecule has 3 amide bonds. The number of piperazine rings is 1. The number of furan rings is 1. The summed E-state index contributed by atoms with van der Waals surface area (Å²) >= 11 is 0. The molecule has 0 N–H and O–H groups in total. The number of halogens is 1. The number of hydrogen-bond acceptors (Lipinski definition) is 6. The number of carbonyl (C=O) groups excluding carboxylic acids is 3. The smallest absolute Gasteiger partial charge is 0.261 e. The third-order valence-electron chi connectivity index (χ3n) is 6.09. The summed E-state index contributed by atoms with van der Waals surface area (Å²) in [5.41, 5.74) is 0.558. The molecule has 1 aromatic heterocycles. The maximum Gasteiger partial charge on any atom is 0.261 e. The largest absolute Gasteiger partial charge is 0.467 e. The summed E-state index contributed by atoms with van der Waals surface area (Å²) in [6.07, 6.45) is 1.45. The van der Waals surface area contributed by atoms with Gasteiger partial charge in [0.25, 0.3) is 17.7 Å². The minimum Gasteiger partial charge on any atom is -0.467 e. The molecule has 180 valence electrons. The molecule has 3 aromatic rings. The van der Waals surface area contributed by atoms with Crippen molar-refractivity contribution in [3.8, 4) is 0 Å². The van der Waals surface area contributed by atoms with E-state index in [1.807, 2.05) is 0 Å². The third kappa shape index (κ3) is 4.02. The van der Waals surface area contributed by atoms with Crippen LogP contribution in [0.1, 0.15) is 36.8 Å². The van der Waals surface area contributed by atoms with E-state index in [0.29, 0.717) is 5.76 Å². The van der Waals surface area contributed by atoms with E-state index in [1.165, 1.54) is 47.6 Å². The molecule has 11 heteroatoms. The van der Waals surface area contributed by atoms with Gasteiger partial charge in [-0.25, -0.2) is 12.8 Å². The number of nitrogens with zero attached hydrogens (tertiary/aromatic N) is 3. The third-order valence-corrected chi connectivity index (χ3v) is 8.02. The Hall–Kier alpha value is -3.83. The molecule has 2 aromatic carbocycles. The fraction of sp³-hybridized carbons (Fsp3) is 0.208. The zero-order chi connectivity index (χ0) is 24.7. The van der Waals surface area contributed by atoms with Crippen LogP contribution < -0.4 is 0 Å². The maximum atomic E-state index is 14.0. The fourth-order valence-electron chi connectivity index (χ4n) is 4.23. The summed E-state index contributed by atoms with van der Waals surface area (Å²) in [7, 11) is -4.03. The van der Waals surface area contributed by atoms with E-state index >= 15 is 0 Å². The molecule has 5 rings (SSSR count). The van der Waals surface area contributed by atoms with Gasteiger partial charge in [0, 0.05) is 31.7 Å². The lowest BCUT2D eigenvalue weighted by Crippen LogP contribution is -2.50. The van der Waals surface area contributed by atoms with Crippen molar-refractivity contribution in [3.63, 3.8) is 0 Å². The minimum absolute atomic E-state index is 0.00168. The van der Waals surface area contributed by atoms with Gasteiger partial charge in [-0.2, -0.15) is 4.31 Å². The second-order valence-electron chi connectivity index (χ2n) is 8.16. The average Bonchev–Trinajstić information content (AvgIpc) is 3.46. The Morgan fingerprint density at radius 3 is 2.31 bits per heavy atom. The lowest BCUT2D eigenvalue weighted by atomic mass is 10.0. The molecule has 3 heterocycles. The number of fused-ring (bicyclic) bond motifs is 1. The number of imide groups is 1. The standard InChI is InChI=1S/C24H20FN3O6S/c25-20-5-1-2-6-21(20)35(32,33)27-11-9-26(10-12-27)22(29)16-7-8-18-19(14-16)24(31)28(23(18)30)15-17-4-3-13-34-17/h1-8,13-14H,9-12,15H2. The molecular weight excluding hydrogens is 477 g/mol. The van der Waals surface area contributed by atoms with Gasteiger partial charge < -0.3 is 9.32 Å². The topological polar surface area (TPSA) is 108 Å². The van der Waals surface area contributed by atoms with E-state index in [-0.39, 0.29) is 55.3 Å². The van der Waals surface area contributed by atoms with Crippen LogP contribution in [0.2, 0.25) is 0 Å². The average molecular weight is 498 g/mol. The summed E-state index contributed by atoms with van der Waals surface area (Å²) in [5.74, 6) is -1.74. The van der Waals surface area contributed by atoms with Crippen LogP contribution in [0, 0.1) is 5.82 Å². The van der Waals surface area contributed by atoms with Crippen molar-refractivity contribution in [2.24, 2.45) is 0 Å². The highest BCUT2D eigenvalue weighted by Gasteiger charge is 2.37. The maximum absolute atomic E-state index is 14.0. The lowest BCUT2D eigenvalue weighted by Gasteiger charge is -2.34. The Balaban J connectivity index is 1.29. The van der Waals surface area contributed by atoms with E-state index in [0.717, 1.165) is 15.3 Å². The van der Waals surface area contributed by atoms with Crippen molar-refractivity contribution in [2.45, 2.75) is 11.4 Å². The monoisotopic (exact) mass is 497 g/mol. The molecule has 2 aliphatic heterocycles. The van der Waals surface area contributed by atoms with Gasteiger partial charge in [-0.1, -0.05) is 12.1 Å². The Bertz CT molecular complexity index is 1430. The fourth-order valence-corrected chi connectivity index (χ4v) is 5.72. The SMILES string of the molecule is O=C(c1ccc2c(c1)C(=O)N(Cc1ccco1)C2=O)N1CCN(S(=O)(=O)c2ccccc2F)CC1. The van der Waals surface area contributed by atoms with E-state index in [4.69, 9.17) is 4.42 Å². The van der Waals surface area contributed by atoms with Gasteiger partial charge in [-0.3, -0.25) is 19.3 Å². The Morgan fingerprint density at radius 1 is 0.914 bits per heavy atom. The highest BCUT2D eigenvalue weighted by atomic mass is 32.2. The first kappa shape index (κ1) is 22.9. The first-order chi connectivity index (χ1) is 16.8. The van der Waals surface area contributed by atoms with Crippen LogP contribution in [0.5, 0.6) is 0 Å². The zero-order valence-corrected chi connectivity index (χ0v) is 19.2.